The van der Waals surface area contributed by atoms with Crippen LogP contribution in [0, 0.1) is 0 Å². The Kier molecular flexibility index (Phi) is 7.70. The third-order valence-electron chi connectivity index (χ3n) is 5.49. The van der Waals surface area contributed by atoms with E-state index in [-0.39, 0.29) is 4.75 Å². The normalized spacial score (nSPS) is 19.6. The van der Waals surface area contributed by atoms with Crippen LogP contribution in [0.2, 0.25) is 10.0 Å². The second kappa shape index (κ2) is 10.1. The van der Waals surface area contributed by atoms with Crippen molar-refractivity contribution in [3.05, 3.63) is 81.4 Å². The van der Waals surface area contributed by atoms with Gasteiger partial charge in [-0.25, -0.2) is 9.59 Å². The highest BCUT2D eigenvalue weighted by Crippen LogP contribution is 2.61. The summed E-state index contributed by atoms with van der Waals surface area (Å²) >= 11 is 14.5. The molecule has 2 aromatic carbocycles. The van der Waals surface area contributed by atoms with Gasteiger partial charge in [0.1, 0.15) is 0 Å². The van der Waals surface area contributed by atoms with Gasteiger partial charge in [0, 0.05) is 16.9 Å². The van der Waals surface area contributed by atoms with Crippen molar-refractivity contribution in [2.45, 2.75) is 22.8 Å². The second-order valence-corrected chi connectivity index (χ2v) is 9.87. The summed E-state index contributed by atoms with van der Waals surface area (Å²) in [4.78, 5) is 21.5. The van der Waals surface area contributed by atoms with Gasteiger partial charge in [0.25, 0.3) is 0 Å². The lowest BCUT2D eigenvalue weighted by Crippen LogP contribution is -2.37. The zero-order chi connectivity index (χ0) is 22.6. The number of nitrogens with zero attached hydrogens (tertiary/aromatic N) is 1. The van der Waals surface area contributed by atoms with Gasteiger partial charge in [0.2, 0.25) is 0 Å². The zero-order valence-corrected chi connectivity index (χ0v) is 19.3. The molecule has 2 aliphatic heterocycles. The van der Waals surface area contributed by atoms with E-state index in [9.17, 15) is 9.59 Å². The molecule has 1 atom stereocenters. The van der Waals surface area contributed by atoms with E-state index in [1.165, 1.54) is 29.5 Å². The number of rotatable bonds is 3. The minimum atomic E-state index is -1.26. The molecule has 164 valence electrons. The smallest absolute Gasteiger partial charge is 0.328 e. The van der Waals surface area contributed by atoms with Gasteiger partial charge in [0.05, 0.1) is 15.3 Å². The number of carboxylic acid groups (broad SMARTS) is 2. The SMILES string of the molecule is CN1CCC2(CC1)SC(c1ccc(Cl)c(Cl)c1)c1ccccc12.O=C(O)C=CC(=O)O. The van der Waals surface area contributed by atoms with Crippen LogP contribution in [0.5, 0.6) is 0 Å². The highest BCUT2D eigenvalue weighted by molar-refractivity contribution is 8.01. The highest BCUT2D eigenvalue weighted by Gasteiger charge is 2.46. The molecule has 5 nitrogen and oxygen atoms in total. The summed E-state index contributed by atoms with van der Waals surface area (Å²) in [6.07, 6.45) is 3.54. The lowest BCUT2D eigenvalue weighted by molar-refractivity contribution is -0.134. The maximum Gasteiger partial charge on any atom is 0.328 e. The van der Waals surface area contributed by atoms with Crippen LogP contribution in [0.3, 0.4) is 0 Å². The van der Waals surface area contributed by atoms with E-state index >= 15 is 0 Å². The first-order chi connectivity index (χ1) is 14.7. The molecular weight excluding hydrogens is 457 g/mol. The van der Waals surface area contributed by atoms with Gasteiger partial charge in [-0.3, -0.25) is 0 Å². The minimum Gasteiger partial charge on any atom is -0.478 e. The Balaban J connectivity index is 0.000000293. The Labute approximate surface area is 195 Å². The van der Waals surface area contributed by atoms with E-state index in [1.807, 2.05) is 12.1 Å². The molecule has 31 heavy (non-hydrogen) atoms. The van der Waals surface area contributed by atoms with E-state index in [4.69, 9.17) is 33.4 Å². The summed E-state index contributed by atoms with van der Waals surface area (Å²) < 4.78 is 0.250. The number of piperidine rings is 1. The maximum atomic E-state index is 9.55. The fourth-order valence-electron chi connectivity index (χ4n) is 3.93. The van der Waals surface area contributed by atoms with Gasteiger partial charge in [-0.2, -0.15) is 0 Å². The Bertz CT molecular complexity index is 987. The van der Waals surface area contributed by atoms with Crippen LogP contribution in [-0.2, 0) is 14.3 Å². The van der Waals surface area contributed by atoms with Crippen molar-refractivity contribution in [2.75, 3.05) is 20.1 Å². The molecule has 0 amide bonds. The van der Waals surface area contributed by atoms with Gasteiger partial charge in [0.15, 0.2) is 0 Å². The van der Waals surface area contributed by atoms with Crippen molar-refractivity contribution in [3.8, 4) is 0 Å². The number of carbonyl (C=O) groups is 2. The summed E-state index contributed by atoms with van der Waals surface area (Å²) in [5.74, 6) is -2.51. The fourth-order valence-corrected chi connectivity index (χ4v) is 6.03. The Morgan fingerprint density at radius 3 is 2.23 bits per heavy atom. The lowest BCUT2D eigenvalue weighted by atomic mass is 9.84. The number of aliphatic carboxylic acids is 2. The maximum absolute atomic E-state index is 9.55. The van der Waals surface area contributed by atoms with Crippen molar-refractivity contribution in [3.63, 3.8) is 0 Å². The molecule has 0 aliphatic carbocycles. The number of carboxylic acids is 2. The number of hydrogen-bond donors (Lipinski definition) is 2. The average molecular weight is 480 g/mol. The number of fused-ring (bicyclic) bond motifs is 2. The molecule has 0 radical (unpaired) electrons. The first-order valence-electron chi connectivity index (χ1n) is 9.76. The fraction of sp³-hybridized carbons (Fsp3) is 0.304. The predicted octanol–water partition coefficient (Wildman–Crippen LogP) is 5.46. The summed E-state index contributed by atoms with van der Waals surface area (Å²) in [6.45, 7) is 2.32. The van der Waals surface area contributed by atoms with Crippen LogP contribution in [-0.4, -0.2) is 47.2 Å². The first-order valence-corrected chi connectivity index (χ1v) is 11.4. The molecule has 1 fully saturated rings. The summed E-state index contributed by atoms with van der Waals surface area (Å²) in [5.41, 5.74) is 4.22. The van der Waals surface area contributed by atoms with E-state index < -0.39 is 11.9 Å². The van der Waals surface area contributed by atoms with Gasteiger partial charge >= 0.3 is 11.9 Å². The van der Waals surface area contributed by atoms with Crippen molar-refractivity contribution in [1.29, 1.82) is 0 Å². The Morgan fingerprint density at radius 2 is 1.65 bits per heavy atom. The van der Waals surface area contributed by atoms with Crippen LogP contribution in [0.1, 0.15) is 34.8 Å². The van der Waals surface area contributed by atoms with Gasteiger partial charge < -0.3 is 15.1 Å². The molecular formula is C23H23Cl2NO4S. The van der Waals surface area contributed by atoms with Gasteiger partial charge in [-0.05, 0) is 61.8 Å². The van der Waals surface area contributed by atoms with E-state index in [0.29, 0.717) is 27.4 Å². The molecule has 0 bridgehead atoms. The van der Waals surface area contributed by atoms with Crippen LogP contribution < -0.4 is 0 Å². The quantitative estimate of drug-likeness (QED) is 0.568. The zero-order valence-electron chi connectivity index (χ0n) is 16.9. The van der Waals surface area contributed by atoms with Crippen molar-refractivity contribution < 1.29 is 19.8 Å². The van der Waals surface area contributed by atoms with Gasteiger partial charge in [-0.1, -0.05) is 53.5 Å². The molecule has 2 aromatic rings. The number of benzene rings is 2. The molecule has 2 N–H and O–H groups in total. The Hall–Kier alpha value is -1.99. The number of halogens is 2. The lowest BCUT2D eigenvalue weighted by Gasteiger charge is -2.38. The monoisotopic (exact) mass is 479 g/mol. The summed E-state index contributed by atoms with van der Waals surface area (Å²) in [5, 5.41) is 17.2. The van der Waals surface area contributed by atoms with E-state index in [0.717, 1.165) is 13.1 Å². The molecule has 1 spiro atoms. The second-order valence-electron chi connectivity index (χ2n) is 7.57. The van der Waals surface area contributed by atoms with E-state index in [2.05, 4.69) is 54.0 Å². The largest absolute Gasteiger partial charge is 0.478 e. The number of thioether (sulfide) groups is 1. The number of likely N-dealkylation sites (tertiary alicyclic amines) is 1. The minimum absolute atomic E-state index is 0.250. The molecule has 2 heterocycles. The Morgan fingerprint density at radius 1 is 1.03 bits per heavy atom. The predicted molar refractivity (Wildman–Crippen MR) is 125 cm³/mol. The van der Waals surface area contributed by atoms with Crippen LogP contribution in [0.15, 0.2) is 54.6 Å². The number of hydrogen-bond acceptors (Lipinski definition) is 4. The van der Waals surface area contributed by atoms with Crippen molar-refractivity contribution in [1.82, 2.24) is 4.90 Å². The molecule has 1 unspecified atom stereocenters. The molecule has 1 saturated heterocycles. The summed E-state index contributed by atoms with van der Waals surface area (Å²) in [7, 11) is 2.22. The highest BCUT2D eigenvalue weighted by atomic mass is 35.5. The third-order valence-corrected chi connectivity index (χ3v) is 8.07. The third kappa shape index (κ3) is 5.63. The topological polar surface area (TPSA) is 77.8 Å². The molecule has 8 heteroatoms. The first kappa shape index (κ1) is 23.7. The standard InChI is InChI=1S/C19H19Cl2NS.C4H4O4/c1-22-10-8-19(9-11-22)15-5-3-2-4-14(15)18(23-19)13-6-7-16(20)17(21)12-13;5-3(6)1-2-4(7)8/h2-7,12,18H,8-11H2,1H3;1-2H,(H,5,6)(H,7,8). The van der Waals surface area contributed by atoms with E-state index in [1.54, 1.807) is 0 Å². The molecule has 0 saturated carbocycles. The van der Waals surface area contributed by atoms with Crippen LogP contribution in [0.4, 0.5) is 0 Å². The summed E-state index contributed by atoms with van der Waals surface area (Å²) in [6, 6.07) is 15.0. The molecule has 2 aliphatic rings. The van der Waals surface area contributed by atoms with Crippen LogP contribution >= 0.6 is 35.0 Å². The molecule has 4 rings (SSSR count). The van der Waals surface area contributed by atoms with Crippen LogP contribution in [0.25, 0.3) is 0 Å². The van der Waals surface area contributed by atoms with Crippen molar-refractivity contribution >= 4 is 46.9 Å². The van der Waals surface area contributed by atoms with Gasteiger partial charge in [-0.15, -0.1) is 11.8 Å². The molecule has 0 aromatic heterocycles. The average Bonchev–Trinajstić information content (AvgIpc) is 3.06. The van der Waals surface area contributed by atoms with Crippen molar-refractivity contribution in [2.24, 2.45) is 0 Å².